The quantitative estimate of drug-likeness (QED) is 0.444. The van der Waals surface area contributed by atoms with E-state index in [1.807, 2.05) is 0 Å². The average molecular weight is 345 g/mol. The molecule has 2 fully saturated rings. The molecule has 0 bridgehead atoms. The van der Waals surface area contributed by atoms with E-state index >= 15 is 0 Å². The fraction of sp³-hybridized carbons (Fsp3) is 0.500. The van der Waals surface area contributed by atoms with Gasteiger partial charge in [-0.25, -0.2) is 9.55 Å². The minimum absolute atomic E-state index is 0.0230. The van der Waals surface area contributed by atoms with Gasteiger partial charge in [0.05, 0.1) is 12.9 Å². The second kappa shape index (κ2) is 4.84. The van der Waals surface area contributed by atoms with Crippen LogP contribution < -0.4 is 11.3 Å². The number of hydrogen-bond acceptors (Lipinski definition) is 9. The number of nitrogens with one attached hydrogen (secondary N) is 1. The summed E-state index contributed by atoms with van der Waals surface area (Å²) in [6.45, 7) is -0.214. The Morgan fingerprint density at radius 2 is 2.30 bits per heavy atom. The maximum absolute atomic E-state index is 11.8. The minimum Gasteiger partial charge on any atom is -0.386 e. The summed E-state index contributed by atoms with van der Waals surface area (Å²) >= 11 is 0. The van der Waals surface area contributed by atoms with Gasteiger partial charge in [0.1, 0.15) is 18.3 Å². The number of aromatic amines is 1. The first-order chi connectivity index (χ1) is 10.9. The molecule has 2 aromatic rings. The van der Waals surface area contributed by atoms with Crippen molar-refractivity contribution in [3.05, 3.63) is 16.7 Å². The molecule has 4 rings (SSSR count). The number of aliphatic hydroxyl groups is 1. The van der Waals surface area contributed by atoms with Crippen molar-refractivity contribution in [2.75, 3.05) is 12.3 Å². The van der Waals surface area contributed by atoms with Gasteiger partial charge in [-0.15, -0.1) is 0 Å². The van der Waals surface area contributed by atoms with E-state index < -0.39 is 37.9 Å². The van der Waals surface area contributed by atoms with Crippen LogP contribution >= 0.6 is 7.82 Å². The van der Waals surface area contributed by atoms with Crippen LogP contribution in [0, 0.1) is 0 Å². The lowest BCUT2D eigenvalue weighted by atomic mass is 10.1. The Labute approximate surface area is 127 Å². The van der Waals surface area contributed by atoms with Crippen molar-refractivity contribution in [3.8, 4) is 0 Å². The van der Waals surface area contributed by atoms with Crippen LogP contribution in [0.1, 0.15) is 6.23 Å². The Morgan fingerprint density at radius 3 is 3.09 bits per heavy atom. The van der Waals surface area contributed by atoms with Crippen molar-refractivity contribution in [3.63, 3.8) is 0 Å². The topological polar surface area (TPSA) is 175 Å². The van der Waals surface area contributed by atoms with Crippen LogP contribution in [0.15, 0.2) is 11.1 Å². The zero-order valence-corrected chi connectivity index (χ0v) is 12.3. The summed E-state index contributed by atoms with van der Waals surface area (Å²) in [5, 5.41) is 10.4. The summed E-state index contributed by atoms with van der Waals surface area (Å²) < 4.78 is 27.9. The zero-order chi connectivity index (χ0) is 16.4. The van der Waals surface area contributed by atoms with Gasteiger partial charge in [0.25, 0.3) is 5.56 Å². The van der Waals surface area contributed by atoms with Gasteiger partial charge in [0.15, 0.2) is 17.4 Å². The number of anilines is 1. The largest absolute Gasteiger partial charge is 0.472 e. The molecule has 0 aliphatic carbocycles. The van der Waals surface area contributed by atoms with Crippen LogP contribution in [0.5, 0.6) is 0 Å². The molecule has 0 spiro atoms. The SMILES string of the molecule is Nc1nc2c(ncn2[C@@H]2O[C@@H]3COP(=O)(O)OC3C2O)c(=O)[nH]1. The lowest BCUT2D eigenvalue weighted by Crippen LogP contribution is -2.39. The van der Waals surface area contributed by atoms with Gasteiger partial charge in [0, 0.05) is 0 Å². The van der Waals surface area contributed by atoms with E-state index in [-0.39, 0.29) is 23.7 Å². The molecule has 2 aliphatic heterocycles. The van der Waals surface area contributed by atoms with Gasteiger partial charge in [-0.3, -0.25) is 23.4 Å². The van der Waals surface area contributed by atoms with E-state index in [9.17, 15) is 19.4 Å². The first-order valence-corrected chi connectivity index (χ1v) is 8.07. The van der Waals surface area contributed by atoms with Crippen LogP contribution in [0.25, 0.3) is 11.2 Å². The summed E-state index contributed by atoms with van der Waals surface area (Å²) in [4.78, 5) is 31.3. The van der Waals surface area contributed by atoms with Gasteiger partial charge in [0.2, 0.25) is 5.95 Å². The van der Waals surface area contributed by atoms with Crippen molar-refractivity contribution in [1.82, 2.24) is 19.5 Å². The second-order valence-electron chi connectivity index (χ2n) is 5.17. The van der Waals surface area contributed by atoms with Crippen molar-refractivity contribution in [1.29, 1.82) is 0 Å². The van der Waals surface area contributed by atoms with Crippen LogP contribution in [0.3, 0.4) is 0 Å². The first-order valence-electron chi connectivity index (χ1n) is 6.57. The Hall–Kier alpha value is -1.82. The van der Waals surface area contributed by atoms with Crippen LogP contribution in [-0.2, 0) is 18.3 Å². The molecule has 3 unspecified atom stereocenters. The number of H-pyrrole nitrogens is 1. The maximum Gasteiger partial charge on any atom is 0.472 e. The molecule has 2 aliphatic rings. The highest BCUT2D eigenvalue weighted by atomic mass is 31.2. The number of phosphoric ester groups is 1. The molecular formula is C10H12N5O7P. The van der Waals surface area contributed by atoms with Crippen molar-refractivity contribution >= 4 is 24.9 Å². The number of ether oxygens (including phenoxy) is 1. The van der Waals surface area contributed by atoms with E-state index in [2.05, 4.69) is 19.5 Å². The molecule has 4 heterocycles. The maximum atomic E-state index is 11.8. The third-order valence-corrected chi connectivity index (χ3v) is 4.68. The number of nitrogens with zero attached hydrogens (tertiary/aromatic N) is 3. The Kier molecular flexibility index (Phi) is 3.10. The van der Waals surface area contributed by atoms with Gasteiger partial charge < -0.3 is 20.5 Å². The zero-order valence-electron chi connectivity index (χ0n) is 11.4. The van der Waals surface area contributed by atoms with Crippen LogP contribution in [0.4, 0.5) is 5.95 Å². The number of aliphatic hydroxyl groups excluding tert-OH is 1. The number of nitrogens with two attached hydrogens (primary N) is 1. The Bertz CT molecular complexity index is 880. The summed E-state index contributed by atoms with van der Waals surface area (Å²) in [5.74, 6) is -0.117. The standard InChI is InChI=1S/C10H12N5O7P/c11-10-13-7-4(8(17)14-10)12-2-15(7)9-5(16)6-3(21-9)1-20-23(18,19)22-6/h2-3,5-6,9,16H,1H2,(H,18,19)(H3,11,13,14,17)/t3-,5?,6?,9-/m1/s1. The van der Waals surface area contributed by atoms with Crippen molar-refractivity contribution in [2.45, 2.75) is 24.5 Å². The molecule has 0 radical (unpaired) electrons. The average Bonchev–Trinajstić information content (AvgIpc) is 3.00. The van der Waals surface area contributed by atoms with Gasteiger partial charge in [-0.1, -0.05) is 0 Å². The predicted molar refractivity (Wildman–Crippen MR) is 73.1 cm³/mol. The number of hydrogen-bond donors (Lipinski definition) is 4. The van der Waals surface area contributed by atoms with E-state index in [1.54, 1.807) is 0 Å². The molecule has 5 N–H and O–H groups in total. The highest BCUT2D eigenvalue weighted by Gasteiger charge is 2.52. The molecule has 0 saturated carbocycles. The number of fused-ring (bicyclic) bond motifs is 2. The fourth-order valence-electron chi connectivity index (χ4n) is 2.69. The molecule has 23 heavy (non-hydrogen) atoms. The lowest BCUT2D eigenvalue weighted by molar-refractivity contribution is -0.0664. The summed E-state index contributed by atoms with van der Waals surface area (Å²) in [5.41, 5.74) is 5.12. The Balaban J connectivity index is 1.75. The first kappa shape index (κ1) is 14.8. The van der Waals surface area contributed by atoms with E-state index in [1.165, 1.54) is 10.9 Å². The number of aromatic nitrogens is 4. The summed E-state index contributed by atoms with van der Waals surface area (Å²) in [6, 6.07) is 0. The van der Waals surface area contributed by atoms with Crippen molar-refractivity contribution in [2.24, 2.45) is 0 Å². The smallest absolute Gasteiger partial charge is 0.386 e. The van der Waals surface area contributed by atoms with Crippen LogP contribution in [-0.4, -0.2) is 54.4 Å². The number of nitrogen functional groups attached to an aromatic ring is 1. The predicted octanol–water partition coefficient (Wildman–Crippen LogP) is -1.52. The highest BCUT2D eigenvalue weighted by Crippen LogP contribution is 2.52. The monoisotopic (exact) mass is 345 g/mol. The molecule has 12 nitrogen and oxygen atoms in total. The molecule has 2 saturated heterocycles. The van der Waals surface area contributed by atoms with Crippen LogP contribution in [0.2, 0.25) is 0 Å². The second-order valence-corrected chi connectivity index (χ2v) is 6.57. The molecule has 5 atom stereocenters. The number of phosphoric acid groups is 1. The van der Waals surface area contributed by atoms with Gasteiger partial charge >= 0.3 is 7.82 Å². The molecule has 2 aromatic heterocycles. The normalized spacial score (nSPS) is 37.1. The number of rotatable bonds is 1. The van der Waals surface area contributed by atoms with Gasteiger partial charge in [-0.2, -0.15) is 4.98 Å². The molecule has 0 aromatic carbocycles. The Morgan fingerprint density at radius 1 is 1.52 bits per heavy atom. The number of imidazole rings is 1. The summed E-state index contributed by atoms with van der Waals surface area (Å²) in [6.07, 6.45) is -2.85. The third kappa shape index (κ3) is 2.27. The molecule has 13 heteroatoms. The molecular weight excluding hydrogens is 333 g/mol. The minimum atomic E-state index is -4.22. The van der Waals surface area contributed by atoms with Crippen molar-refractivity contribution < 1.29 is 28.3 Å². The van der Waals surface area contributed by atoms with E-state index in [0.717, 1.165) is 0 Å². The third-order valence-electron chi connectivity index (χ3n) is 3.69. The fourth-order valence-corrected chi connectivity index (χ4v) is 3.66. The summed E-state index contributed by atoms with van der Waals surface area (Å²) in [7, 11) is -4.22. The highest BCUT2D eigenvalue weighted by molar-refractivity contribution is 7.47. The molecule has 124 valence electrons. The van der Waals surface area contributed by atoms with Gasteiger partial charge in [-0.05, 0) is 0 Å². The lowest BCUT2D eigenvalue weighted by Gasteiger charge is -2.27. The van der Waals surface area contributed by atoms with E-state index in [0.29, 0.717) is 0 Å². The molecule has 0 amide bonds. The van der Waals surface area contributed by atoms with E-state index in [4.69, 9.17) is 15.0 Å².